The quantitative estimate of drug-likeness (QED) is 0.657. The van der Waals surface area contributed by atoms with Gasteiger partial charge in [-0.2, -0.15) is 0 Å². The summed E-state index contributed by atoms with van der Waals surface area (Å²) >= 11 is 0. The average molecular weight is 257 g/mol. The van der Waals surface area contributed by atoms with Gasteiger partial charge in [-0.05, 0) is 45.1 Å². The minimum absolute atomic E-state index is 0.108. The van der Waals surface area contributed by atoms with Crippen molar-refractivity contribution in [2.45, 2.75) is 70.4 Å². The zero-order valence-corrected chi connectivity index (χ0v) is 12.4. The molecule has 0 aliphatic heterocycles. The molecule has 0 bridgehead atoms. The molecule has 0 aromatic rings. The first kappa shape index (κ1) is 15.9. The summed E-state index contributed by atoms with van der Waals surface area (Å²) in [5.74, 6) is 0.827. The van der Waals surface area contributed by atoms with E-state index < -0.39 is 0 Å². The lowest BCUT2D eigenvalue weighted by Gasteiger charge is -2.31. The van der Waals surface area contributed by atoms with Crippen LogP contribution in [-0.2, 0) is 4.74 Å². The van der Waals surface area contributed by atoms with Crippen LogP contribution in [-0.4, -0.2) is 37.0 Å². The molecule has 3 unspecified atom stereocenters. The molecule has 0 spiro atoms. The predicted molar refractivity (Wildman–Crippen MR) is 75.8 cm³/mol. The average Bonchev–Trinajstić information content (AvgIpc) is 2.40. The normalized spacial score (nSPS) is 28.0. The van der Waals surface area contributed by atoms with Gasteiger partial charge in [0.2, 0.25) is 0 Å². The Kier molecular flexibility index (Phi) is 7.20. The van der Waals surface area contributed by atoms with E-state index in [1.54, 1.807) is 0 Å². The third-order valence-corrected chi connectivity index (χ3v) is 4.55. The number of aliphatic hydroxyl groups excluding tert-OH is 1. The standard InChI is InChI=1S/C15H31NO2/c1-4-15(12-17,16-3)9-6-10-18-14-8-5-7-13(2)11-14/h13-14,16-17H,4-12H2,1-3H3. The second-order valence-corrected chi connectivity index (χ2v) is 5.91. The molecule has 1 aliphatic carbocycles. The molecule has 1 fully saturated rings. The highest BCUT2D eigenvalue weighted by molar-refractivity contribution is 4.84. The number of aliphatic hydroxyl groups is 1. The SMILES string of the molecule is CCC(CO)(CCCOC1CCCC(C)C1)NC. The van der Waals surface area contributed by atoms with Crippen molar-refractivity contribution in [3.05, 3.63) is 0 Å². The minimum atomic E-state index is -0.108. The monoisotopic (exact) mass is 257 g/mol. The number of rotatable bonds is 8. The molecular formula is C15H31NO2. The number of nitrogens with one attached hydrogen (secondary N) is 1. The second kappa shape index (κ2) is 8.13. The van der Waals surface area contributed by atoms with Gasteiger partial charge in [0.05, 0.1) is 12.7 Å². The molecule has 0 aromatic heterocycles. The van der Waals surface area contributed by atoms with E-state index in [1.165, 1.54) is 25.7 Å². The van der Waals surface area contributed by atoms with Crippen molar-refractivity contribution in [2.24, 2.45) is 5.92 Å². The van der Waals surface area contributed by atoms with E-state index in [4.69, 9.17) is 4.74 Å². The Hall–Kier alpha value is -0.120. The van der Waals surface area contributed by atoms with Crippen LogP contribution in [0.2, 0.25) is 0 Å². The van der Waals surface area contributed by atoms with Gasteiger partial charge in [-0.3, -0.25) is 0 Å². The molecule has 1 saturated carbocycles. The molecule has 108 valence electrons. The second-order valence-electron chi connectivity index (χ2n) is 5.91. The van der Waals surface area contributed by atoms with Crippen molar-refractivity contribution < 1.29 is 9.84 Å². The van der Waals surface area contributed by atoms with Gasteiger partial charge in [0.15, 0.2) is 0 Å². The van der Waals surface area contributed by atoms with Gasteiger partial charge in [0, 0.05) is 12.1 Å². The van der Waals surface area contributed by atoms with Crippen LogP contribution < -0.4 is 5.32 Å². The zero-order chi connectivity index (χ0) is 13.4. The third-order valence-electron chi connectivity index (χ3n) is 4.55. The molecule has 2 N–H and O–H groups in total. The van der Waals surface area contributed by atoms with Gasteiger partial charge in [0.1, 0.15) is 0 Å². The van der Waals surface area contributed by atoms with E-state index in [0.29, 0.717) is 6.10 Å². The van der Waals surface area contributed by atoms with Crippen molar-refractivity contribution in [1.82, 2.24) is 5.32 Å². The molecule has 0 saturated heterocycles. The van der Waals surface area contributed by atoms with Crippen molar-refractivity contribution in [2.75, 3.05) is 20.3 Å². The highest BCUT2D eigenvalue weighted by atomic mass is 16.5. The van der Waals surface area contributed by atoms with Crippen molar-refractivity contribution in [3.8, 4) is 0 Å². The molecule has 0 aromatic carbocycles. The number of likely N-dealkylation sites (N-methyl/N-ethyl adjacent to an activating group) is 1. The summed E-state index contributed by atoms with van der Waals surface area (Å²) in [5.41, 5.74) is -0.108. The van der Waals surface area contributed by atoms with Crippen molar-refractivity contribution in [3.63, 3.8) is 0 Å². The Balaban J connectivity index is 2.17. The first-order chi connectivity index (χ1) is 8.65. The summed E-state index contributed by atoms with van der Waals surface area (Å²) in [6, 6.07) is 0. The Morgan fingerprint density at radius 1 is 1.39 bits per heavy atom. The summed E-state index contributed by atoms with van der Waals surface area (Å²) in [6.07, 6.45) is 8.59. The Labute approximate surface area is 112 Å². The lowest BCUT2D eigenvalue weighted by Crippen LogP contribution is -2.46. The molecule has 3 atom stereocenters. The summed E-state index contributed by atoms with van der Waals surface area (Å²) in [7, 11) is 1.93. The maximum Gasteiger partial charge on any atom is 0.0613 e. The fourth-order valence-corrected chi connectivity index (χ4v) is 2.94. The molecule has 0 amide bonds. The lowest BCUT2D eigenvalue weighted by molar-refractivity contribution is 0.00958. The fraction of sp³-hybridized carbons (Fsp3) is 1.00. The molecule has 18 heavy (non-hydrogen) atoms. The summed E-state index contributed by atoms with van der Waals surface area (Å²) in [5, 5.41) is 12.7. The lowest BCUT2D eigenvalue weighted by atomic mass is 9.88. The maximum atomic E-state index is 9.46. The van der Waals surface area contributed by atoms with Gasteiger partial charge < -0.3 is 15.2 Å². The number of hydrogen-bond acceptors (Lipinski definition) is 3. The van der Waals surface area contributed by atoms with Crippen molar-refractivity contribution in [1.29, 1.82) is 0 Å². The van der Waals surface area contributed by atoms with Crippen LogP contribution in [0.4, 0.5) is 0 Å². The van der Waals surface area contributed by atoms with E-state index in [-0.39, 0.29) is 12.1 Å². The number of hydrogen-bond donors (Lipinski definition) is 2. The molecule has 1 aliphatic rings. The van der Waals surface area contributed by atoms with E-state index in [2.05, 4.69) is 19.2 Å². The van der Waals surface area contributed by atoms with E-state index >= 15 is 0 Å². The molecule has 0 radical (unpaired) electrons. The van der Waals surface area contributed by atoms with Gasteiger partial charge in [-0.25, -0.2) is 0 Å². The topological polar surface area (TPSA) is 41.5 Å². The van der Waals surface area contributed by atoms with E-state index in [1.807, 2.05) is 7.05 Å². The highest BCUT2D eigenvalue weighted by Crippen LogP contribution is 2.26. The highest BCUT2D eigenvalue weighted by Gasteiger charge is 2.25. The molecule has 3 heteroatoms. The first-order valence-electron chi connectivity index (χ1n) is 7.57. The van der Waals surface area contributed by atoms with Crippen LogP contribution in [0.1, 0.15) is 58.8 Å². The molecule has 0 heterocycles. The summed E-state index contributed by atoms with van der Waals surface area (Å²) in [6.45, 7) is 5.49. The van der Waals surface area contributed by atoms with Gasteiger partial charge in [-0.1, -0.05) is 26.7 Å². The first-order valence-corrected chi connectivity index (χ1v) is 7.57. The molecular weight excluding hydrogens is 226 g/mol. The number of ether oxygens (including phenoxy) is 1. The largest absolute Gasteiger partial charge is 0.394 e. The van der Waals surface area contributed by atoms with Crippen molar-refractivity contribution >= 4 is 0 Å². The molecule has 3 nitrogen and oxygen atoms in total. The smallest absolute Gasteiger partial charge is 0.0613 e. The van der Waals surface area contributed by atoms with Crippen LogP contribution in [0.15, 0.2) is 0 Å². The Morgan fingerprint density at radius 2 is 2.17 bits per heavy atom. The van der Waals surface area contributed by atoms with Gasteiger partial charge >= 0.3 is 0 Å². The van der Waals surface area contributed by atoms with E-state index in [0.717, 1.165) is 31.8 Å². The van der Waals surface area contributed by atoms with Crippen LogP contribution >= 0.6 is 0 Å². The van der Waals surface area contributed by atoms with Gasteiger partial charge in [-0.15, -0.1) is 0 Å². The minimum Gasteiger partial charge on any atom is -0.394 e. The summed E-state index contributed by atoms with van der Waals surface area (Å²) < 4.78 is 5.97. The zero-order valence-electron chi connectivity index (χ0n) is 12.4. The van der Waals surface area contributed by atoms with Crippen LogP contribution in [0.5, 0.6) is 0 Å². The maximum absolute atomic E-state index is 9.46. The Bertz CT molecular complexity index is 208. The third kappa shape index (κ3) is 4.87. The van der Waals surface area contributed by atoms with Crippen LogP contribution in [0, 0.1) is 5.92 Å². The Morgan fingerprint density at radius 3 is 2.72 bits per heavy atom. The molecule has 1 rings (SSSR count). The van der Waals surface area contributed by atoms with Crippen LogP contribution in [0.3, 0.4) is 0 Å². The fourth-order valence-electron chi connectivity index (χ4n) is 2.94. The van der Waals surface area contributed by atoms with E-state index in [9.17, 15) is 5.11 Å². The predicted octanol–water partition coefficient (Wildman–Crippen LogP) is 2.72. The van der Waals surface area contributed by atoms with Gasteiger partial charge in [0.25, 0.3) is 0 Å². The van der Waals surface area contributed by atoms with Crippen LogP contribution in [0.25, 0.3) is 0 Å². The summed E-state index contributed by atoms with van der Waals surface area (Å²) in [4.78, 5) is 0.